The highest BCUT2D eigenvalue weighted by atomic mass is 16.5. The standard InChI is InChI=1S/C13H20N2O4/c1-3-10-12(9(2)19-15-10)13(18)14-8-6-4-5-7-11(16)17/h3-8H2,1-2H3,(H,14,18)(H,16,17). The predicted molar refractivity (Wildman–Crippen MR) is 69.1 cm³/mol. The van der Waals surface area contributed by atoms with Crippen molar-refractivity contribution in [2.75, 3.05) is 6.54 Å². The summed E-state index contributed by atoms with van der Waals surface area (Å²) < 4.78 is 5.00. The van der Waals surface area contributed by atoms with Crippen molar-refractivity contribution in [3.8, 4) is 0 Å². The molecular weight excluding hydrogens is 248 g/mol. The van der Waals surface area contributed by atoms with E-state index >= 15 is 0 Å². The molecule has 0 fully saturated rings. The average Bonchev–Trinajstić information content (AvgIpc) is 2.74. The molecule has 0 atom stereocenters. The molecule has 0 radical (unpaired) electrons. The van der Waals surface area contributed by atoms with Crippen LogP contribution < -0.4 is 5.32 Å². The summed E-state index contributed by atoms with van der Waals surface area (Å²) in [6.07, 6.45) is 3.02. The van der Waals surface area contributed by atoms with Gasteiger partial charge in [-0.3, -0.25) is 9.59 Å². The van der Waals surface area contributed by atoms with E-state index in [0.717, 1.165) is 12.8 Å². The summed E-state index contributed by atoms with van der Waals surface area (Å²) in [5, 5.41) is 15.1. The number of nitrogens with zero attached hydrogens (tertiary/aromatic N) is 1. The highest BCUT2D eigenvalue weighted by Gasteiger charge is 2.18. The molecule has 1 rings (SSSR count). The van der Waals surface area contributed by atoms with Gasteiger partial charge in [0, 0.05) is 13.0 Å². The van der Waals surface area contributed by atoms with Crippen molar-refractivity contribution >= 4 is 11.9 Å². The molecule has 1 aromatic heterocycles. The van der Waals surface area contributed by atoms with Gasteiger partial charge in [-0.1, -0.05) is 18.5 Å². The van der Waals surface area contributed by atoms with Crippen LogP contribution in [0.1, 0.15) is 54.4 Å². The average molecular weight is 268 g/mol. The quantitative estimate of drug-likeness (QED) is 0.703. The fourth-order valence-corrected chi connectivity index (χ4v) is 1.82. The van der Waals surface area contributed by atoms with Gasteiger partial charge in [0.05, 0.1) is 5.69 Å². The molecule has 0 aliphatic rings. The Hall–Kier alpha value is -1.85. The smallest absolute Gasteiger partial charge is 0.303 e. The van der Waals surface area contributed by atoms with Gasteiger partial charge < -0.3 is 14.9 Å². The number of carbonyl (C=O) groups excluding carboxylic acids is 1. The van der Waals surface area contributed by atoms with Gasteiger partial charge in [-0.05, 0) is 26.2 Å². The summed E-state index contributed by atoms with van der Waals surface area (Å²) in [6.45, 7) is 4.17. The van der Waals surface area contributed by atoms with E-state index in [4.69, 9.17) is 9.63 Å². The minimum atomic E-state index is -0.781. The molecule has 0 unspecified atom stereocenters. The van der Waals surface area contributed by atoms with Gasteiger partial charge in [-0.15, -0.1) is 0 Å². The maximum atomic E-state index is 11.9. The number of aryl methyl sites for hydroxylation is 2. The Morgan fingerprint density at radius 3 is 2.68 bits per heavy atom. The number of carboxylic acids is 1. The molecular formula is C13H20N2O4. The van der Waals surface area contributed by atoms with Crippen molar-refractivity contribution in [2.24, 2.45) is 0 Å². The van der Waals surface area contributed by atoms with Gasteiger partial charge in [0.25, 0.3) is 5.91 Å². The first-order valence-corrected chi connectivity index (χ1v) is 6.51. The third-order valence-electron chi connectivity index (χ3n) is 2.85. The molecule has 19 heavy (non-hydrogen) atoms. The van der Waals surface area contributed by atoms with Crippen LogP contribution in [-0.4, -0.2) is 28.7 Å². The summed E-state index contributed by atoms with van der Waals surface area (Å²) in [7, 11) is 0. The molecule has 6 heteroatoms. The molecule has 1 heterocycles. The van der Waals surface area contributed by atoms with E-state index in [1.54, 1.807) is 6.92 Å². The van der Waals surface area contributed by atoms with Gasteiger partial charge in [-0.2, -0.15) is 0 Å². The lowest BCUT2D eigenvalue weighted by Gasteiger charge is -2.04. The zero-order chi connectivity index (χ0) is 14.3. The summed E-state index contributed by atoms with van der Waals surface area (Å²) >= 11 is 0. The molecule has 0 aliphatic heterocycles. The van der Waals surface area contributed by atoms with Crippen LogP contribution in [0, 0.1) is 6.92 Å². The Labute approximate surface area is 112 Å². The maximum absolute atomic E-state index is 11.9. The van der Waals surface area contributed by atoms with Gasteiger partial charge in [0.2, 0.25) is 0 Å². The van der Waals surface area contributed by atoms with Crippen LogP contribution in [0.5, 0.6) is 0 Å². The molecule has 0 saturated heterocycles. The number of hydrogen-bond donors (Lipinski definition) is 2. The van der Waals surface area contributed by atoms with Crippen molar-refractivity contribution in [1.29, 1.82) is 0 Å². The minimum absolute atomic E-state index is 0.172. The van der Waals surface area contributed by atoms with E-state index in [0.29, 0.717) is 36.4 Å². The monoisotopic (exact) mass is 268 g/mol. The van der Waals surface area contributed by atoms with Crippen molar-refractivity contribution in [1.82, 2.24) is 10.5 Å². The first-order chi connectivity index (χ1) is 9.06. The molecule has 106 valence electrons. The van der Waals surface area contributed by atoms with Crippen LogP contribution in [0.2, 0.25) is 0 Å². The molecule has 0 saturated carbocycles. The van der Waals surface area contributed by atoms with Crippen LogP contribution >= 0.6 is 0 Å². The van der Waals surface area contributed by atoms with E-state index in [1.165, 1.54) is 0 Å². The number of amides is 1. The van der Waals surface area contributed by atoms with E-state index in [-0.39, 0.29) is 12.3 Å². The predicted octanol–water partition coefficient (Wildman–Crippen LogP) is 1.92. The van der Waals surface area contributed by atoms with E-state index in [2.05, 4.69) is 10.5 Å². The zero-order valence-corrected chi connectivity index (χ0v) is 11.4. The number of rotatable bonds is 8. The second-order valence-corrected chi connectivity index (χ2v) is 4.37. The SMILES string of the molecule is CCc1noc(C)c1C(=O)NCCCCCC(=O)O. The van der Waals surface area contributed by atoms with Crippen molar-refractivity contribution in [3.63, 3.8) is 0 Å². The minimum Gasteiger partial charge on any atom is -0.481 e. The summed E-state index contributed by atoms with van der Waals surface area (Å²) in [4.78, 5) is 22.3. The largest absolute Gasteiger partial charge is 0.481 e. The molecule has 0 aromatic carbocycles. The molecule has 0 spiro atoms. The lowest BCUT2D eigenvalue weighted by molar-refractivity contribution is -0.137. The lowest BCUT2D eigenvalue weighted by Crippen LogP contribution is -2.25. The molecule has 0 bridgehead atoms. The van der Waals surface area contributed by atoms with E-state index < -0.39 is 5.97 Å². The molecule has 6 nitrogen and oxygen atoms in total. The number of aliphatic carboxylic acids is 1. The second kappa shape index (κ2) is 7.56. The van der Waals surface area contributed by atoms with Gasteiger partial charge in [0.15, 0.2) is 0 Å². The molecule has 2 N–H and O–H groups in total. The number of nitrogens with one attached hydrogen (secondary N) is 1. The number of unbranched alkanes of at least 4 members (excludes halogenated alkanes) is 2. The molecule has 1 aromatic rings. The number of carbonyl (C=O) groups is 2. The van der Waals surface area contributed by atoms with Crippen LogP contribution in [-0.2, 0) is 11.2 Å². The topological polar surface area (TPSA) is 92.4 Å². The maximum Gasteiger partial charge on any atom is 0.303 e. The first kappa shape index (κ1) is 15.2. The first-order valence-electron chi connectivity index (χ1n) is 6.51. The summed E-state index contributed by atoms with van der Waals surface area (Å²) in [6, 6.07) is 0. The van der Waals surface area contributed by atoms with E-state index in [1.807, 2.05) is 6.92 Å². The highest BCUT2D eigenvalue weighted by Crippen LogP contribution is 2.13. The Morgan fingerprint density at radius 2 is 2.05 bits per heavy atom. The second-order valence-electron chi connectivity index (χ2n) is 4.37. The third-order valence-corrected chi connectivity index (χ3v) is 2.85. The summed E-state index contributed by atoms with van der Waals surface area (Å²) in [5.41, 5.74) is 1.19. The van der Waals surface area contributed by atoms with Gasteiger partial charge in [-0.25, -0.2) is 0 Å². The van der Waals surface area contributed by atoms with Crippen molar-refractivity contribution < 1.29 is 19.2 Å². The van der Waals surface area contributed by atoms with Crippen LogP contribution in [0.3, 0.4) is 0 Å². The lowest BCUT2D eigenvalue weighted by atomic mass is 10.1. The Bertz CT molecular complexity index is 440. The fourth-order valence-electron chi connectivity index (χ4n) is 1.82. The molecule has 0 aliphatic carbocycles. The van der Waals surface area contributed by atoms with Gasteiger partial charge >= 0.3 is 5.97 Å². The number of carboxylic acid groups (broad SMARTS) is 1. The van der Waals surface area contributed by atoms with Gasteiger partial charge in [0.1, 0.15) is 11.3 Å². The summed E-state index contributed by atoms with van der Waals surface area (Å²) in [5.74, 6) is -0.425. The zero-order valence-electron chi connectivity index (χ0n) is 11.4. The number of aromatic nitrogens is 1. The molecule has 1 amide bonds. The van der Waals surface area contributed by atoms with Crippen molar-refractivity contribution in [2.45, 2.75) is 46.0 Å². The Morgan fingerprint density at radius 1 is 1.32 bits per heavy atom. The van der Waals surface area contributed by atoms with E-state index in [9.17, 15) is 9.59 Å². The van der Waals surface area contributed by atoms with Crippen LogP contribution in [0.15, 0.2) is 4.52 Å². The Balaban J connectivity index is 2.31. The fraction of sp³-hybridized carbons (Fsp3) is 0.615. The van der Waals surface area contributed by atoms with Crippen LogP contribution in [0.4, 0.5) is 0 Å². The number of hydrogen-bond acceptors (Lipinski definition) is 4. The van der Waals surface area contributed by atoms with Crippen molar-refractivity contribution in [3.05, 3.63) is 17.0 Å². The highest BCUT2D eigenvalue weighted by molar-refractivity contribution is 5.96. The van der Waals surface area contributed by atoms with Crippen LogP contribution in [0.25, 0.3) is 0 Å². The normalized spacial score (nSPS) is 10.4. The Kier molecular flexibility index (Phi) is 6.05. The third kappa shape index (κ3) is 4.73.